The van der Waals surface area contributed by atoms with Gasteiger partial charge in [-0.2, -0.15) is 13.2 Å². The summed E-state index contributed by atoms with van der Waals surface area (Å²) in [4.78, 5) is 4.55. The highest BCUT2D eigenvalue weighted by molar-refractivity contribution is 5.63. The minimum absolute atomic E-state index is 0.187. The summed E-state index contributed by atoms with van der Waals surface area (Å²) < 4.78 is 50.3. The van der Waals surface area contributed by atoms with Gasteiger partial charge in [-0.1, -0.05) is 0 Å². The molecule has 4 rings (SSSR count). The zero-order valence-electron chi connectivity index (χ0n) is 15.0. The summed E-state index contributed by atoms with van der Waals surface area (Å²) in [6, 6.07) is 3.99. The van der Waals surface area contributed by atoms with E-state index in [1.54, 1.807) is 0 Å². The molecule has 0 radical (unpaired) electrons. The number of halogens is 3. The van der Waals surface area contributed by atoms with Crippen molar-refractivity contribution in [1.82, 2.24) is 4.90 Å². The maximum atomic E-state index is 13.0. The molecule has 0 amide bonds. The van der Waals surface area contributed by atoms with Crippen LogP contribution >= 0.6 is 0 Å². The monoisotopic (exact) mass is 370 g/mol. The number of hydrogen-bond acceptors (Lipinski definition) is 4. The first-order chi connectivity index (χ1) is 12.4. The lowest BCUT2D eigenvalue weighted by Crippen LogP contribution is -2.55. The highest BCUT2D eigenvalue weighted by Crippen LogP contribution is 2.42. The second kappa shape index (κ2) is 6.60. The first-order valence-electron chi connectivity index (χ1n) is 9.30. The van der Waals surface area contributed by atoms with E-state index >= 15 is 0 Å². The fourth-order valence-corrected chi connectivity index (χ4v) is 4.40. The maximum Gasteiger partial charge on any atom is 0.416 e. The van der Waals surface area contributed by atoms with Crippen molar-refractivity contribution in [2.75, 3.05) is 37.9 Å². The number of alkyl halides is 3. The number of benzene rings is 1. The summed E-state index contributed by atoms with van der Waals surface area (Å²) in [6.07, 6.45) is -0.361. The van der Waals surface area contributed by atoms with Gasteiger partial charge in [0.1, 0.15) is 5.75 Å². The van der Waals surface area contributed by atoms with Gasteiger partial charge in [0.2, 0.25) is 0 Å². The van der Waals surface area contributed by atoms with E-state index in [2.05, 4.69) is 11.8 Å². The third kappa shape index (κ3) is 3.27. The molecule has 0 aliphatic carbocycles. The predicted octanol–water partition coefficient (Wildman–Crippen LogP) is 3.90. The normalized spacial score (nSPS) is 24.4. The zero-order chi connectivity index (χ0) is 18.4. The number of nitrogens with zero attached hydrogens (tertiary/aromatic N) is 2. The highest BCUT2D eigenvalue weighted by Gasteiger charge is 2.39. The van der Waals surface area contributed by atoms with Gasteiger partial charge in [0, 0.05) is 37.9 Å². The smallest absolute Gasteiger partial charge is 0.416 e. The lowest BCUT2D eigenvalue weighted by Gasteiger charge is -2.48. The summed E-state index contributed by atoms with van der Waals surface area (Å²) in [7, 11) is 0. The molecule has 0 saturated carbocycles. The van der Waals surface area contributed by atoms with Crippen molar-refractivity contribution < 1.29 is 22.6 Å². The molecule has 3 aliphatic rings. The van der Waals surface area contributed by atoms with Crippen LogP contribution in [0.1, 0.15) is 38.2 Å². The lowest BCUT2D eigenvalue weighted by molar-refractivity contribution is -0.137. The van der Waals surface area contributed by atoms with Gasteiger partial charge in [-0.25, -0.2) is 0 Å². The quantitative estimate of drug-likeness (QED) is 0.788. The number of anilines is 1. The highest BCUT2D eigenvalue weighted by atomic mass is 19.4. The molecule has 0 unspecified atom stereocenters. The van der Waals surface area contributed by atoms with Gasteiger partial charge >= 0.3 is 6.18 Å². The van der Waals surface area contributed by atoms with E-state index in [1.807, 2.05) is 4.90 Å². The Morgan fingerprint density at radius 1 is 1.12 bits per heavy atom. The molecule has 2 saturated heterocycles. The van der Waals surface area contributed by atoms with Crippen molar-refractivity contribution in [2.24, 2.45) is 0 Å². The molecule has 3 aliphatic heterocycles. The number of fused-ring (bicyclic) bond motifs is 1. The Kier molecular flexibility index (Phi) is 4.55. The molecule has 0 atom stereocenters. The Labute approximate surface area is 151 Å². The molecule has 2 fully saturated rings. The van der Waals surface area contributed by atoms with Crippen LogP contribution in [0.2, 0.25) is 0 Å². The fourth-order valence-electron chi connectivity index (χ4n) is 4.40. The van der Waals surface area contributed by atoms with E-state index in [0.29, 0.717) is 18.2 Å². The first-order valence-corrected chi connectivity index (χ1v) is 9.30. The van der Waals surface area contributed by atoms with Crippen LogP contribution in [0.25, 0.3) is 0 Å². The summed E-state index contributed by atoms with van der Waals surface area (Å²) in [6.45, 7) is 6.19. The van der Waals surface area contributed by atoms with Gasteiger partial charge < -0.3 is 14.4 Å². The average Bonchev–Trinajstić information content (AvgIpc) is 3.05. The van der Waals surface area contributed by atoms with Crippen LogP contribution in [0, 0.1) is 0 Å². The van der Waals surface area contributed by atoms with E-state index in [0.717, 1.165) is 58.1 Å². The summed E-state index contributed by atoms with van der Waals surface area (Å²) >= 11 is 0. The molecule has 144 valence electrons. The van der Waals surface area contributed by atoms with E-state index in [-0.39, 0.29) is 11.6 Å². The van der Waals surface area contributed by atoms with E-state index < -0.39 is 11.7 Å². The molecule has 0 N–H and O–H groups in total. The van der Waals surface area contributed by atoms with Crippen molar-refractivity contribution in [2.45, 2.75) is 50.4 Å². The van der Waals surface area contributed by atoms with E-state index in [4.69, 9.17) is 9.47 Å². The number of piperidine rings is 1. The van der Waals surface area contributed by atoms with Crippen LogP contribution < -0.4 is 9.64 Å². The summed E-state index contributed by atoms with van der Waals surface area (Å²) in [5, 5.41) is 0. The number of ether oxygens (including phenoxy) is 2. The van der Waals surface area contributed by atoms with Crippen molar-refractivity contribution in [1.29, 1.82) is 0 Å². The Morgan fingerprint density at radius 3 is 2.46 bits per heavy atom. The number of rotatable bonds is 2. The SMILES string of the molecule is CC1(N2CCC(N3COc4ccc(C(F)(F)F)cc43)CC2)CCOCC1. The molecular formula is C19H25F3N2O2. The number of hydrogen-bond donors (Lipinski definition) is 0. The molecule has 0 spiro atoms. The standard InChI is InChI=1S/C19H25F3N2O2/c1-18(6-10-25-11-7-18)23-8-4-15(5-9-23)24-13-26-17-3-2-14(12-16(17)24)19(20,21)22/h2-3,12,15H,4-11,13H2,1H3. The minimum atomic E-state index is -4.33. The second-order valence-electron chi connectivity index (χ2n) is 7.75. The molecule has 3 heterocycles. The Balaban J connectivity index is 1.45. The van der Waals surface area contributed by atoms with E-state index in [9.17, 15) is 13.2 Å². The second-order valence-corrected chi connectivity index (χ2v) is 7.75. The molecule has 1 aromatic carbocycles. The molecule has 1 aromatic rings. The summed E-state index contributed by atoms with van der Waals surface area (Å²) in [5.41, 5.74) is 0.154. The zero-order valence-corrected chi connectivity index (χ0v) is 15.0. The first kappa shape index (κ1) is 17.9. The third-order valence-corrected chi connectivity index (χ3v) is 6.19. The third-order valence-electron chi connectivity index (χ3n) is 6.19. The molecule has 0 aromatic heterocycles. The van der Waals surface area contributed by atoms with Crippen molar-refractivity contribution in [3.05, 3.63) is 23.8 Å². The number of likely N-dealkylation sites (tertiary alicyclic amines) is 1. The van der Waals surface area contributed by atoms with E-state index in [1.165, 1.54) is 12.1 Å². The minimum Gasteiger partial charge on any atom is -0.471 e. The lowest BCUT2D eigenvalue weighted by atomic mass is 9.87. The van der Waals surface area contributed by atoms with Gasteiger partial charge in [-0.15, -0.1) is 0 Å². The van der Waals surface area contributed by atoms with Crippen LogP contribution in [0.15, 0.2) is 18.2 Å². The van der Waals surface area contributed by atoms with Crippen LogP contribution in [0.4, 0.5) is 18.9 Å². The molecule has 0 bridgehead atoms. The fraction of sp³-hybridized carbons (Fsp3) is 0.684. The van der Waals surface area contributed by atoms with Crippen LogP contribution in [-0.4, -0.2) is 49.5 Å². The van der Waals surface area contributed by atoms with Crippen molar-refractivity contribution in [3.63, 3.8) is 0 Å². The Hall–Kier alpha value is -1.47. The average molecular weight is 370 g/mol. The van der Waals surface area contributed by atoms with Crippen LogP contribution in [0.5, 0.6) is 5.75 Å². The van der Waals surface area contributed by atoms with Crippen molar-refractivity contribution in [3.8, 4) is 5.75 Å². The van der Waals surface area contributed by atoms with Gasteiger partial charge in [-0.05, 0) is 50.8 Å². The van der Waals surface area contributed by atoms with Gasteiger partial charge in [0.15, 0.2) is 6.73 Å². The summed E-state index contributed by atoms with van der Waals surface area (Å²) in [5.74, 6) is 0.553. The maximum absolute atomic E-state index is 13.0. The van der Waals surface area contributed by atoms with Gasteiger partial charge in [0.25, 0.3) is 0 Å². The Morgan fingerprint density at radius 2 is 1.81 bits per heavy atom. The topological polar surface area (TPSA) is 24.9 Å². The van der Waals surface area contributed by atoms with Gasteiger partial charge in [-0.3, -0.25) is 4.90 Å². The Bertz CT molecular complexity index is 651. The van der Waals surface area contributed by atoms with Gasteiger partial charge in [0.05, 0.1) is 11.3 Å². The molecule has 26 heavy (non-hydrogen) atoms. The largest absolute Gasteiger partial charge is 0.471 e. The van der Waals surface area contributed by atoms with Crippen LogP contribution in [-0.2, 0) is 10.9 Å². The van der Waals surface area contributed by atoms with Crippen molar-refractivity contribution >= 4 is 5.69 Å². The molecular weight excluding hydrogens is 345 g/mol. The molecule has 7 heteroatoms. The van der Waals surface area contributed by atoms with Crippen LogP contribution in [0.3, 0.4) is 0 Å². The molecule has 4 nitrogen and oxygen atoms in total. The predicted molar refractivity (Wildman–Crippen MR) is 92.5 cm³/mol.